The van der Waals surface area contributed by atoms with Gasteiger partial charge in [-0.3, -0.25) is 0 Å². The fraction of sp³-hybridized carbons (Fsp3) is 0.308. The van der Waals surface area contributed by atoms with Gasteiger partial charge in [0.1, 0.15) is 12.0 Å². The maximum atomic E-state index is 11.9. The van der Waals surface area contributed by atoms with Crippen molar-refractivity contribution < 1.29 is 0 Å². The molecule has 90 valence electrons. The van der Waals surface area contributed by atoms with E-state index in [-0.39, 0.29) is 5.69 Å². The van der Waals surface area contributed by atoms with Gasteiger partial charge in [0.05, 0.1) is 5.52 Å². The van der Waals surface area contributed by atoms with Crippen molar-refractivity contribution in [2.75, 3.05) is 0 Å². The molecular formula is C13H12N4O. The zero-order valence-electron chi connectivity index (χ0n) is 9.81. The van der Waals surface area contributed by atoms with Crippen LogP contribution in [0.2, 0.25) is 0 Å². The molecule has 0 saturated carbocycles. The largest absolute Gasteiger partial charge is 0.370 e. The van der Waals surface area contributed by atoms with Gasteiger partial charge in [0.15, 0.2) is 0 Å². The second-order valence-electron chi connectivity index (χ2n) is 4.75. The lowest BCUT2D eigenvalue weighted by Crippen LogP contribution is -2.18. The second-order valence-corrected chi connectivity index (χ2v) is 4.75. The molecule has 0 fully saturated rings. The Labute approximate surface area is 102 Å². The maximum Gasteiger partial charge on any atom is 0.370 e. The number of fused-ring (bicyclic) bond motifs is 5. The minimum atomic E-state index is -0.308. The van der Waals surface area contributed by atoms with Crippen molar-refractivity contribution in [1.29, 1.82) is 0 Å². The molecule has 2 heterocycles. The van der Waals surface area contributed by atoms with E-state index in [2.05, 4.69) is 21.1 Å². The SMILES string of the molecule is O=c1nc2c3c(ccc2c2[nH]cnn12)CCCC3. The topological polar surface area (TPSA) is 63.0 Å². The summed E-state index contributed by atoms with van der Waals surface area (Å²) in [5, 5.41) is 4.95. The Morgan fingerprint density at radius 1 is 1.22 bits per heavy atom. The van der Waals surface area contributed by atoms with Crippen LogP contribution in [-0.2, 0) is 12.8 Å². The number of nitrogens with zero attached hydrogens (tertiary/aromatic N) is 3. The van der Waals surface area contributed by atoms with E-state index in [0.717, 1.165) is 29.4 Å². The zero-order chi connectivity index (χ0) is 12.1. The summed E-state index contributed by atoms with van der Waals surface area (Å²) in [5.74, 6) is 0. The Hall–Kier alpha value is -2.17. The molecule has 0 spiro atoms. The van der Waals surface area contributed by atoms with Crippen molar-refractivity contribution in [1.82, 2.24) is 19.6 Å². The molecular weight excluding hydrogens is 228 g/mol. The van der Waals surface area contributed by atoms with Crippen molar-refractivity contribution in [2.45, 2.75) is 25.7 Å². The number of H-pyrrole nitrogens is 1. The summed E-state index contributed by atoms with van der Waals surface area (Å²) in [6.45, 7) is 0. The molecule has 0 radical (unpaired) electrons. The van der Waals surface area contributed by atoms with Gasteiger partial charge in [-0.2, -0.15) is 14.6 Å². The molecule has 1 aliphatic carbocycles. The fourth-order valence-electron chi connectivity index (χ4n) is 2.87. The van der Waals surface area contributed by atoms with E-state index in [1.54, 1.807) is 0 Å². The highest BCUT2D eigenvalue weighted by molar-refractivity contribution is 5.93. The lowest BCUT2D eigenvalue weighted by atomic mass is 9.90. The Kier molecular flexibility index (Phi) is 1.86. The fourth-order valence-corrected chi connectivity index (χ4v) is 2.87. The third kappa shape index (κ3) is 1.19. The summed E-state index contributed by atoms with van der Waals surface area (Å²) in [6, 6.07) is 4.20. The number of hydrogen-bond acceptors (Lipinski definition) is 3. The summed E-state index contributed by atoms with van der Waals surface area (Å²) >= 11 is 0. The van der Waals surface area contributed by atoms with Crippen LogP contribution < -0.4 is 5.69 Å². The average molecular weight is 240 g/mol. The summed E-state index contributed by atoms with van der Waals surface area (Å²) in [5.41, 5.74) is 3.86. The van der Waals surface area contributed by atoms with Crippen molar-refractivity contribution in [3.05, 3.63) is 40.1 Å². The average Bonchev–Trinajstić information content (AvgIpc) is 2.89. The minimum Gasteiger partial charge on any atom is -0.329 e. The molecule has 0 saturated heterocycles. The number of nitrogens with one attached hydrogen (secondary N) is 1. The number of benzene rings is 1. The van der Waals surface area contributed by atoms with E-state index in [1.807, 2.05) is 6.07 Å². The number of aromatic amines is 1. The maximum absolute atomic E-state index is 11.9. The van der Waals surface area contributed by atoms with Crippen molar-refractivity contribution in [3.8, 4) is 0 Å². The van der Waals surface area contributed by atoms with Gasteiger partial charge < -0.3 is 4.98 Å². The van der Waals surface area contributed by atoms with Crippen LogP contribution in [0.5, 0.6) is 0 Å². The summed E-state index contributed by atoms with van der Waals surface area (Å²) < 4.78 is 1.32. The Morgan fingerprint density at radius 3 is 3.06 bits per heavy atom. The van der Waals surface area contributed by atoms with E-state index in [4.69, 9.17) is 0 Å². The molecule has 1 N–H and O–H groups in total. The standard InChI is InChI=1S/C13H12N4O/c18-13-16-11-9-4-2-1-3-8(9)5-6-10(11)12-14-7-15-17(12)13/h5-7H,1-4H2,(H,14,15). The highest BCUT2D eigenvalue weighted by Crippen LogP contribution is 2.28. The lowest BCUT2D eigenvalue weighted by molar-refractivity contribution is 0.688. The third-order valence-corrected chi connectivity index (χ3v) is 3.73. The summed E-state index contributed by atoms with van der Waals surface area (Å²) in [4.78, 5) is 19.1. The van der Waals surface area contributed by atoms with E-state index >= 15 is 0 Å². The number of aryl methyl sites for hydroxylation is 2. The predicted octanol–water partition coefficient (Wildman–Crippen LogP) is 1.45. The first-order valence-corrected chi connectivity index (χ1v) is 6.21. The third-order valence-electron chi connectivity index (χ3n) is 3.73. The molecule has 0 unspecified atom stereocenters. The summed E-state index contributed by atoms with van der Waals surface area (Å²) in [7, 11) is 0. The van der Waals surface area contributed by atoms with E-state index < -0.39 is 0 Å². The first kappa shape index (κ1) is 9.82. The number of aromatic nitrogens is 4. The zero-order valence-corrected chi connectivity index (χ0v) is 9.81. The van der Waals surface area contributed by atoms with Gasteiger partial charge in [-0.15, -0.1) is 0 Å². The van der Waals surface area contributed by atoms with Crippen LogP contribution in [0.4, 0.5) is 0 Å². The Morgan fingerprint density at radius 2 is 2.11 bits per heavy atom. The van der Waals surface area contributed by atoms with Gasteiger partial charge in [-0.25, -0.2) is 4.79 Å². The van der Waals surface area contributed by atoms with Gasteiger partial charge in [-0.1, -0.05) is 6.07 Å². The molecule has 3 aromatic rings. The molecule has 5 nitrogen and oxygen atoms in total. The summed E-state index contributed by atoms with van der Waals surface area (Å²) in [6.07, 6.45) is 6.04. The van der Waals surface area contributed by atoms with Crippen LogP contribution in [0.1, 0.15) is 24.0 Å². The molecule has 0 amide bonds. The second kappa shape index (κ2) is 3.41. The van der Waals surface area contributed by atoms with Crippen molar-refractivity contribution in [2.24, 2.45) is 0 Å². The van der Waals surface area contributed by atoms with Gasteiger partial charge >= 0.3 is 5.69 Å². The molecule has 5 heteroatoms. The van der Waals surface area contributed by atoms with E-state index in [0.29, 0.717) is 0 Å². The highest BCUT2D eigenvalue weighted by Gasteiger charge is 2.16. The number of hydrogen-bond donors (Lipinski definition) is 1. The first-order valence-electron chi connectivity index (χ1n) is 6.21. The van der Waals surface area contributed by atoms with Crippen LogP contribution >= 0.6 is 0 Å². The normalized spacial score (nSPS) is 15.1. The van der Waals surface area contributed by atoms with Gasteiger partial charge in [0, 0.05) is 5.39 Å². The smallest absolute Gasteiger partial charge is 0.329 e. The molecule has 4 rings (SSSR count). The monoisotopic (exact) mass is 240 g/mol. The van der Waals surface area contributed by atoms with Crippen LogP contribution in [0.15, 0.2) is 23.3 Å². The molecule has 0 bridgehead atoms. The van der Waals surface area contributed by atoms with Gasteiger partial charge in [0.2, 0.25) is 0 Å². The minimum absolute atomic E-state index is 0.308. The van der Waals surface area contributed by atoms with Gasteiger partial charge in [0.25, 0.3) is 0 Å². The van der Waals surface area contributed by atoms with E-state index in [1.165, 1.54) is 34.8 Å². The first-order chi connectivity index (χ1) is 8.84. The van der Waals surface area contributed by atoms with Gasteiger partial charge in [-0.05, 0) is 42.9 Å². The van der Waals surface area contributed by atoms with Crippen LogP contribution in [0.3, 0.4) is 0 Å². The molecule has 1 aliphatic rings. The molecule has 0 aliphatic heterocycles. The molecule has 0 atom stereocenters. The molecule has 2 aromatic heterocycles. The Bertz CT molecular complexity index is 815. The molecule has 1 aromatic carbocycles. The van der Waals surface area contributed by atoms with Crippen LogP contribution in [0, 0.1) is 0 Å². The van der Waals surface area contributed by atoms with Crippen LogP contribution in [0.25, 0.3) is 16.6 Å². The highest BCUT2D eigenvalue weighted by atomic mass is 16.1. The Balaban J connectivity index is 2.23. The van der Waals surface area contributed by atoms with Crippen molar-refractivity contribution in [3.63, 3.8) is 0 Å². The predicted molar refractivity (Wildman–Crippen MR) is 67.8 cm³/mol. The molecule has 18 heavy (non-hydrogen) atoms. The van der Waals surface area contributed by atoms with Crippen molar-refractivity contribution >= 4 is 16.6 Å². The van der Waals surface area contributed by atoms with Crippen LogP contribution in [-0.4, -0.2) is 19.6 Å². The number of rotatable bonds is 0. The lowest BCUT2D eigenvalue weighted by Gasteiger charge is -2.16. The van der Waals surface area contributed by atoms with E-state index in [9.17, 15) is 4.79 Å². The quantitative estimate of drug-likeness (QED) is 0.647.